The zero-order valence-corrected chi connectivity index (χ0v) is 8.88. The molecule has 2 rings (SSSR count). The Hall–Kier alpha value is -0.730. The molecule has 14 heavy (non-hydrogen) atoms. The summed E-state index contributed by atoms with van der Waals surface area (Å²) in [6.45, 7) is 2.02. The molecule has 76 valence electrons. The molecule has 0 spiro atoms. The van der Waals surface area contributed by atoms with Gasteiger partial charge in [-0.05, 0) is 37.5 Å². The SMILES string of the molecule is CC(N)C1(c2ccc(O)c(Cl)c2)CC1. The molecule has 0 heterocycles. The molecule has 1 atom stereocenters. The lowest BCUT2D eigenvalue weighted by molar-refractivity contribution is 0.474. The van der Waals surface area contributed by atoms with Crippen molar-refractivity contribution in [1.29, 1.82) is 0 Å². The van der Waals surface area contributed by atoms with E-state index < -0.39 is 0 Å². The van der Waals surface area contributed by atoms with Crippen LogP contribution in [0.2, 0.25) is 5.02 Å². The van der Waals surface area contributed by atoms with E-state index in [2.05, 4.69) is 0 Å². The Kier molecular flexibility index (Phi) is 2.20. The van der Waals surface area contributed by atoms with Crippen LogP contribution < -0.4 is 5.73 Å². The number of hydrogen-bond acceptors (Lipinski definition) is 2. The zero-order chi connectivity index (χ0) is 10.3. The van der Waals surface area contributed by atoms with Crippen LogP contribution in [0, 0.1) is 0 Å². The monoisotopic (exact) mass is 211 g/mol. The average Bonchev–Trinajstić information content (AvgIpc) is 2.90. The Morgan fingerprint density at radius 3 is 2.57 bits per heavy atom. The van der Waals surface area contributed by atoms with Crippen LogP contribution in [0.3, 0.4) is 0 Å². The molecule has 0 saturated heterocycles. The summed E-state index contributed by atoms with van der Waals surface area (Å²) in [7, 11) is 0. The predicted molar refractivity (Wildman–Crippen MR) is 57.7 cm³/mol. The molecule has 1 fully saturated rings. The average molecular weight is 212 g/mol. The van der Waals surface area contributed by atoms with E-state index in [-0.39, 0.29) is 17.2 Å². The van der Waals surface area contributed by atoms with Gasteiger partial charge >= 0.3 is 0 Å². The van der Waals surface area contributed by atoms with Gasteiger partial charge in [0.1, 0.15) is 5.75 Å². The van der Waals surface area contributed by atoms with Crippen LogP contribution in [0.1, 0.15) is 25.3 Å². The van der Waals surface area contributed by atoms with E-state index in [4.69, 9.17) is 17.3 Å². The van der Waals surface area contributed by atoms with Crippen molar-refractivity contribution in [3.05, 3.63) is 28.8 Å². The van der Waals surface area contributed by atoms with Crippen LogP contribution >= 0.6 is 11.6 Å². The fourth-order valence-electron chi connectivity index (χ4n) is 1.96. The van der Waals surface area contributed by atoms with Crippen LogP contribution in [-0.4, -0.2) is 11.1 Å². The first-order valence-corrected chi connectivity index (χ1v) is 5.19. The molecule has 0 radical (unpaired) electrons. The molecular formula is C11H14ClNO. The Morgan fingerprint density at radius 2 is 2.14 bits per heavy atom. The van der Waals surface area contributed by atoms with Crippen LogP contribution in [-0.2, 0) is 5.41 Å². The van der Waals surface area contributed by atoms with Gasteiger partial charge in [-0.1, -0.05) is 17.7 Å². The van der Waals surface area contributed by atoms with Gasteiger partial charge in [0.05, 0.1) is 5.02 Å². The fourth-order valence-corrected chi connectivity index (χ4v) is 2.14. The van der Waals surface area contributed by atoms with Gasteiger partial charge in [-0.25, -0.2) is 0 Å². The third-order valence-electron chi connectivity index (χ3n) is 3.18. The Bertz CT molecular complexity index is 358. The van der Waals surface area contributed by atoms with Gasteiger partial charge < -0.3 is 10.8 Å². The van der Waals surface area contributed by atoms with Gasteiger partial charge in [-0.2, -0.15) is 0 Å². The van der Waals surface area contributed by atoms with Crippen LogP contribution in [0.4, 0.5) is 0 Å². The van der Waals surface area contributed by atoms with Crippen molar-refractivity contribution in [2.75, 3.05) is 0 Å². The molecule has 0 amide bonds. The molecule has 1 aliphatic rings. The Balaban J connectivity index is 2.38. The number of nitrogens with two attached hydrogens (primary N) is 1. The first-order valence-electron chi connectivity index (χ1n) is 4.81. The van der Waals surface area contributed by atoms with Gasteiger partial charge in [0.2, 0.25) is 0 Å². The van der Waals surface area contributed by atoms with Gasteiger partial charge in [-0.3, -0.25) is 0 Å². The van der Waals surface area contributed by atoms with Crippen molar-refractivity contribution in [3.63, 3.8) is 0 Å². The lowest BCUT2D eigenvalue weighted by Crippen LogP contribution is -2.31. The first-order chi connectivity index (χ1) is 6.56. The second kappa shape index (κ2) is 3.14. The maximum atomic E-state index is 9.31. The van der Waals surface area contributed by atoms with Crippen LogP contribution in [0.5, 0.6) is 5.75 Å². The molecule has 2 nitrogen and oxygen atoms in total. The predicted octanol–water partition coefficient (Wildman–Crippen LogP) is 2.42. The quantitative estimate of drug-likeness (QED) is 0.789. The molecular weight excluding hydrogens is 198 g/mol. The largest absolute Gasteiger partial charge is 0.506 e. The summed E-state index contributed by atoms with van der Waals surface area (Å²) in [6.07, 6.45) is 2.23. The zero-order valence-electron chi connectivity index (χ0n) is 8.13. The van der Waals surface area contributed by atoms with E-state index in [0.717, 1.165) is 18.4 Å². The molecule has 0 aromatic heterocycles. The summed E-state index contributed by atoms with van der Waals surface area (Å²) in [5.74, 6) is 0.135. The number of hydrogen-bond donors (Lipinski definition) is 2. The topological polar surface area (TPSA) is 46.2 Å². The molecule has 1 aromatic carbocycles. The van der Waals surface area contributed by atoms with Gasteiger partial charge in [-0.15, -0.1) is 0 Å². The highest BCUT2D eigenvalue weighted by atomic mass is 35.5. The van der Waals surface area contributed by atoms with Crippen LogP contribution in [0.15, 0.2) is 18.2 Å². The van der Waals surface area contributed by atoms with Crippen molar-refractivity contribution in [1.82, 2.24) is 0 Å². The summed E-state index contributed by atoms with van der Waals surface area (Å²) < 4.78 is 0. The maximum absolute atomic E-state index is 9.31. The summed E-state index contributed by atoms with van der Waals surface area (Å²) in [5.41, 5.74) is 7.20. The minimum atomic E-state index is 0.108. The Labute approximate surface area is 88.7 Å². The molecule has 0 bridgehead atoms. The highest BCUT2D eigenvalue weighted by molar-refractivity contribution is 6.32. The van der Waals surface area contributed by atoms with Gasteiger partial charge in [0, 0.05) is 11.5 Å². The second-order valence-corrected chi connectivity index (χ2v) is 4.52. The lowest BCUT2D eigenvalue weighted by atomic mass is 9.89. The lowest BCUT2D eigenvalue weighted by Gasteiger charge is -2.20. The van der Waals surface area contributed by atoms with Gasteiger partial charge in [0.15, 0.2) is 0 Å². The number of halogens is 1. The van der Waals surface area contributed by atoms with E-state index in [0.29, 0.717) is 5.02 Å². The van der Waals surface area contributed by atoms with E-state index in [1.807, 2.05) is 19.1 Å². The van der Waals surface area contributed by atoms with Crippen molar-refractivity contribution in [3.8, 4) is 5.75 Å². The van der Waals surface area contributed by atoms with E-state index >= 15 is 0 Å². The number of phenolic OH excluding ortho intramolecular Hbond substituents is 1. The highest BCUT2D eigenvalue weighted by Gasteiger charge is 2.47. The minimum Gasteiger partial charge on any atom is -0.506 e. The minimum absolute atomic E-state index is 0.108. The summed E-state index contributed by atoms with van der Waals surface area (Å²) in [4.78, 5) is 0. The summed E-state index contributed by atoms with van der Waals surface area (Å²) in [5, 5.41) is 9.72. The number of rotatable bonds is 2. The van der Waals surface area contributed by atoms with E-state index in [9.17, 15) is 5.11 Å². The molecule has 1 aliphatic carbocycles. The summed E-state index contributed by atoms with van der Waals surface area (Å²) >= 11 is 5.86. The number of phenols is 1. The van der Waals surface area contributed by atoms with E-state index in [1.165, 1.54) is 0 Å². The third kappa shape index (κ3) is 1.39. The maximum Gasteiger partial charge on any atom is 0.134 e. The van der Waals surface area contributed by atoms with Crippen molar-refractivity contribution in [2.24, 2.45) is 5.73 Å². The van der Waals surface area contributed by atoms with E-state index in [1.54, 1.807) is 6.07 Å². The number of aromatic hydroxyl groups is 1. The van der Waals surface area contributed by atoms with Crippen molar-refractivity contribution >= 4 is 11.6 Å². The van der Waals surface area contributed by atoms with Crippen molar-refractivity contribution < 1.29 is 5.11 Å². The normalized spacial score (nSPS) is 20.5. The molecule has 3 heteroatoms. The second-order valence-electron chi connectivity index (χ2n) is 4.11. The highest BCUT2D eigenvalue weighted by Crippen LogP contribution is 2.51. The number of benzene rings is 1. The molecule has 1 saturated carbocycles. The standard InChI is InChI=1S/C11H14ClNO/c1-7(13)11(4-5-11)8-2-3-10(14)9(12)6-8/h2-3,6-7,14H,4-5,13H2,1H3. The van der Waals surface area contributed by atoms with Crippen LogP contribution in [0.25, 0.3) is 0 Å². The first kappa shape index (κ1) is 9.81. The smallest absolute Gasteiger partial charge is 0.134 e. The van der Waals surface area contributed by atoms with Gasteiger partial charge in [0.25, 0.3) is 0 Å². The van der Waals surface area contributed by atoms with Crippen molar-refractivity contribution in [2.45, 2.75) is 31.2 Å². The Morgan fingerprint density at radius 1 is 1.50 bits per heavy atom. The fraction of sp³-hybridized carbons (Fsp3) is 0.455. The molecule has 3 N–H and O–H groups in total. The molecule has 1 unspecified atom stereocenters. The summed E-state index contributed by atoms with van der Waals surface area (Å²) in [6, 6.07) is 5.52. The molecule has 1 aromatic rings. The molecule has 0 aliphatic heterocycles. The third-order valence-corrected chi connectivity index (χ3v) is 3.49.